The summed E-state index contributed by atoms with van der Waals surface area (Å²) >= 11 is 0. The molecular formula is C18H9F10NO3S. The van der Waals surface area contributed by atoms with Crippen LogP contribution in [-0.2, 0) is 20.8 Å². The summed E-state index contributed by atoms with van der Waals surface area (Å²) in [6, 6.07) is 8.56. The van der Waals surface area contributed by atoms with Crippen LogP contribution in [0.15, 0.2) is 47.6 Å². The Morgan fingerprint density at radius 3 is 1.97 bits per heavy atom. The molecule has 4 nitrogen and oxygen atoms in total. The zero-order chi connectivity index (χ0) is 25.0. The van der Waals surface area contributed by atoms with E-state index in [9.17, 15) is 52.3 Å². The van der Waals surface area contributed by atoms with Crippen molar-refractivity contribution in [3.63, 3.8) is 0 Å². The van der Waals surface area contributed by atoms with Gasteiger partial charge in [-0.25, -0.2) is 0 Å². The van der Waals surface area contributed by atoms with Gasteiger partial charge < -0.3 is 0 Å². The van der Waals surface area contributed by atoms with Crippen molar-refractivity contribution in [2.45, 2.75) is 30.0 Å². The maximum atomic E-state index is 14.4. The van der Waals surface area contributed by atoms with Gasteiger partial charge in [0.05, 0.1) is 0 Å². The lowest BCUT2D eigenvalue weighted by Gasteiger charge is -2.29. The first-order valence-corrected chi connectivity index (χ1v) is 9.93. The van der Waals surface area contributed by atoms with Gasteiger partial charge in [0.1, 0.15) is 0 Å². The van der Waals surface area contributed by atoms with E-state index in [4.69, 9.17) is 0 Å². The lowest BCUT2D eigenvalue weighted by Crippen LogP contribution is -2.56. The fourth-order valence-electron chi connectivity index (χ4n) is 3.02. The highest BCUT2D eigenvalue weighted by atomic mass is 32.2. The Balaban J connectivity index is 2.21. The van der Waals surface area contributed by atoms with Crippen molar-refractivity contribution in [1.29, 1.82) is 0 Å². The summed E-state index contributed by atoms with van der Waals surface area (Å²) in [5, 5.41) is 1.94. The third kappa shape index (κ3) is 4.13. The highest BCUT2D eigenvalue weighted by Crippen LogP contribution is 2.49. The Morgan fingerprint density at radius 2 is 1.39 bits per heavy atom. The molecule has 0 saturated carbocycles. The van der Waals surface area contributed by atoms with Crippen molar-refractivity contribution in [2.24, 2.45) is 5.16 Å². The average Bonchev–Trinajstić information content (AvgIpc) is 3.04. The Bertz CT molecular complexity index is 1220. The number of halogens is 10. The number of alkyl halides is 10. The maximum Gasteiger partial charge on any atom is 0.536 e. The van der Waals surface area contributed by atoms with Crippen LogP contribution in [0.25, 0.3) is 11.1 Å². The van der Waals surface area contributed by atoms with E-state index < -0.39 is 44.9 Å². The lowest BCUT2D eigenvalue weighted by molar-refractivity contribution is -0.336. The molecule has 2 aromatic rings. The van der Waals surface area contributed by atoms with Crippen molar-refractivity contribution in [3.8, 4) is 11.1 Å². The summed E-state index contributed by atoms with van der Waals surface area (Å²) in [6.07, 6.45) is -6.63. The first kappa shape index (κ1) is 24.8. The van der Waals surface area contributed by atoms with E-state index in [1.807, 2.05) is 5.16 Å². The predicted octanol–water partition coefficient (Wildman–Crippen LogP) is 5.66. The molecule has 0 amide bonds. The van der Waals surface area contributed by atoms with Crippen molar-refractivity contribution < 1.29 is 56.6 Å². The molecule has 0 aromatic heterocycles. The summed E-state index contributed by atoms with van der Waals surface area (Å²) in [5.74, 6) is -13.2. The molecule has 1 aliphatic rings. The molecule has 33 heavy (non-hydrogen) atoms. The molecule has 0 fully saturated rings. The largest absolute Gasteiger partial charge is 0.536 e. The molecule has 180 valence electrons. The van der Waals surface area contributed by atoms with Crippen molar-refractivity contribution in [2.75, 3.05) is 0 Å². The second-order valence-electron chi connectivity index (χ2n) is 6.77. The quantitative estimate of drug-likeness (QED) is 0.193. The van der Waals surface area contributed by atoms with Crippen LogP contribution in [0, 0.1) is 0 Å². The molecule has 0 saturated heterocycles. The molecule has 0 spiro atoms. The van der Waals surface area contributed by atoms with Gasteiger partial charge in [-0.3, -0.25) is 4.28 Å². The fraction of sp³-hybridized carbons (Fsp3) is 0.278. The molecule has 0 heterocycles. The third-order valence-corrected chi connectivity index (χ3v) is 5.47. The van der Waals surface area contributed by atoms with E-state index in [1.54, 1.807) is 12.1 Å². The molecular weight excluding hydrogens is 500 g/mol. The van der Waals surface area contributed by atoms with E-state index >= 15 is 0 Å². The standard InChI is InChI=1S/C18H9F10NO3S/c19-15(20,16(21,22)17(23,24)25)14(29-32-33(30,31)18(26,27)28)11-6-5-10-7-9-3-1-2-4-12(9)13(10)8-11/h1-6,8H,7H2. The molecule has 0 N–H and O–H groups in total. The summed E-state index contributed by atoms with van der Waals surface area (Å²) < 4.78 is 156. The number of fused-ring (bicyclic) bond motifs is 3. The maximum absolute atomic E-state index is 14.4. The first-order valence-electron chi connectivity index (χ1n) is 8.52. The van der Waals surface area contributed by atoms with Crippen LogP contribution >= 0.6 is 0 Å². The van der Waals surface area contributed by atoms with Gasteiger partial charge in [0.15, 0.2) is 5.71 Å². The minimum atomic E-state index is -6.87. The van der Waals surface area contributed by atoms with E-state index in [-0.39, 0.29) is 12.0 Å². The van der Waals surface area contributed by atoms with Gasteiger partial charge in [-0.2, -0.15) is 52.3 Å². The number of benzene rings is 2. The SMILES string of the molecule is O=S(=O)(ON=C(c1ccc2c(c1)-c1ccccc1C2)C(F)(F)C(F)(F)C(F)(F)F)C(F)(F)F. The van der Waals surface area contributed by atoms with Crippen molar-refractivity contribution in [3.05, 3.63) is 59.2 Å². The number of hydrogen-bond donors (Lipinski definition) is 0. The van der Waals surface area contributed by atoms with Crippen molar-refractivity contribution >= 4 is 15.8 Å². The van der Waals surface area contributed by atoms with Crippen LogP contribution in [-0.4, -0.2) is 37.7 Å². The molecule has 0 radical (unpaired) electrons. The van der Waals surface area contributed by atoms with E-state index in [2.05, 4.69) is 4.28 Å². The summed E-state index contributed by atoms with van der Waals surface area (Å²) in [7, 11) is -6.75. The summed E-state index contributed by atoms with van der Waals surface area (Å²) in [6.45, 7) is 0. The number of rotatable bonds is 5. The Hall–Kier alpha value is -2.84. The van der Waals surface area contributed by atoms with Crippen LogP contribution < -0.4 is 0 Å². The zero-order valence-corrected chi connectivity index (χ0v) is 16.4. The van der Waals surface area contributed by atoms with E-state index in [0.717, 1.165) is 6.07 Å². The van der Waals surface area contributed by atoms with Gasteiger partial charge in [-0.15, -0.1) is 0 Å². The van der Waals surface area contributed by atoms with Crippen LogP contribution in [0.3, 0.4) is 0 Å². The van der Waals surface area contributed by atoms with E-state index in [1.165, 1.54) is 12.1 Å². The van der Waals surface area contributed by atoms with Gasteiger partial charge in [0, 0.05) is 5.56 Å². The number of oxime groups is 1. The molecule has 15 heteroatoms. The van der Waals surface area contributed by atoms with Gasteiger partial charge in [-0.1, -0.05) is 41.6 Å². The zero-order valence-electron chi connectivity index (χ0n) is 15.6. The van der Waals surface area contributed by atoms with E-state index in [0.29, 0.717) is 28.8 Å². The monoisotopic (exact) mass is 509 g/mol. The smallest absolute Gasteiger partial charge is 0.261 e. The van der Waals surface area contributed by atoms with Gasteiger partial charge >= 0.3 is 33.6 Å². The van der Waals surface area contributed by atoms with Crippen LogP contribution in [0.1, 0.15) is 16.7 Å². The topological polar surface area (TPSA) is 55.7 Å². The molecule has 3 rings (SSSR count). The highest BCUT2D eigenvalue weighted by molar-refractivity contribution is 7.87. The van der Waals surface area contributed by atoms with Crippen LogP contribution in [0.4, 0.5) is 43.9 Å². The summed E-state index contributed by atoms with van der Waals surface area (Å²) in [5.41, 5.74) is -8.52. The molecule has 0 bridgehead atoms. The minimum absolute atomic E-state index is 0.0978. The second kappa shape index (κ2) is 7.60. The number of hydrogen-bond acceptors (Lipinski definition) is 4. The predicted molar refractivity (Wildman–Crippen MR) is 93.2 cm³/mol. The molecule has 0 unspecified atom stereocenters. The highest BCUT2D eigenvalue weighted by Gasteiger charge is 2.75. The average molecular weight is 509 g/mol. The third-order valence-electron chi connectivity index (χ3n) is 4.63. The van der Waals surface area contributed by atoms with Crippen molar-refractivity contribution in [1.82, 2.24) is 0 Å². The Morgan fingerprint density at radius 1 is 0.818 bits per heavy atom. The molecule has 0 atom stereocenters. The molecule has 2 aromatic carbocycles. The Kier molecular flexibility index (Phi) is 5.71. The fourth-order valence-corrected chi connectivity index (χ4v) is 3.27. The Labute approximate surface area is 178 Å². The van der Waals surface area contributed by atoms with Gasteiger partial charge in [0.25, 0.3) is 0 Å². The normalized spacial score (nSPS) is 15.3. The number of nitrogens with zero attached hydrogens (tertiary/aromatic N) is 1. The first-order chi connectivity index (χ1) is 14.9. The minimum Gasteiger partial charge on any atom is -0.261 e. The van der Waals surface area contributed by atoms with Crippen LogP contribution in [0.5, 0.6) is 0 Å². The van der Waals surface area contributed by atoms with Crippen LogP contribution in [0.2, 0.25) is 0 Å². The molecule has 0 aliphatic heterocycles. The lowest BCUT2D eigenvalue weighted by atomic mass is 9.95. The molecule has 1 aliphatic carbocycles. The second-order valence-corrected chi connectivity index (χ2v) is 8.29. The summed E-state index contributed by atoms with van der Waals surface area (Å²) in [4.78, 5) is 0. The van der Waals surface area contributed by atoms with Gasteiger partial charge in [0.2, 0.25) is 0 Å². The van der Waals surface area contributed by atoms with Gasteiger partial charge in [-0.05, 0) is 34.7 Å².